The molecule has 4 fully saturated rings. The van der Waals surface area contributed by atoms with Gasteiger partial charge in [0.05, 0.1) is 0 Å². The largest absolute Gasteiger partial charge is 0.455 e. The van der Waals surface area contributed by atoms with Crippen LogP contribution in [0.5, 0.6) is 0 Å². The van der Waals surface area contributed by atoms with Crippen LogP contribution < -0.4 is 11.1 Å². The highest BCUT2D eigenvalue weighted by Gasteiger charge is 2.55. The fourth-order valence-corrected chi connectivity index (χ4v) is 5.60. The zero-order valence-corrected chi connectivity index (χ0v) is 14.4. The molecule has 24 heavy (non-hydrogen) atoms. The second-order valence-corrected chi connectivity index (χ2v) is 8.09. The number of hydrogen-bond acceptors (Lipinski definition) is 4. The third-order valence-corrected chi connectivity index (χ3v) is 6.10. The standard InChI is InChI=1S/C18H28N2O4/c1-11(24-15(21)3-2-4-20-17(19)23)16(22)18-8-12-5-13(9-18)7-14(6-12)10-18/h11-14H,2-10H2,1H3,(H3,19,20,23)/t11-,12?,13?,14?,18?/m0/s1. The lowest BCUT2D eigenvalue weighted by Gasteiger charge is -2.56. The van der Waals surface area contributed by atoms with Gasteiger partial charge in [-0.1, -0.05) is 0 Å². The van der Waals surface area contributed by atoms with E-state index in [1.807, 2.05) is 0 Å². The molecule has 0 aromatic rings. The Hall–Kier alpha value is -1.59. The van der Waals surface area contributed by atoms with Crippen LogP contribution in [0.3, 0.4) is 0 Å². The summed E-state index contributed by atoms with van der Waals surface area (Å²) in [6.45, 7) is 2.04. The van der Waals surface area contributed by atoms with Crippen molar-refractivity contribution in [3.63, 3.8) is 0 Å². The number of nitrogens with one attached hydrogen (secondary N) is 1. The molecule has 0 radical (unpaired) electrons. The summed E-state index contributed by atoms with van der Waals surface area (Å²) in [5, 5.41) is 2.43. The fraction of sp³-hybridized carbons (Fsp3) is 0.833. The molecule has 4 aliphatic rings. The van der Waals surface area contributed by atoms with Crippen LogP contribution >= 0.6 is 0 Å². The third-order valence-electron chi connectivity index (χ3n) is 6.10. The number of primary amides is 1. The number of carbonyl (C=O) groups excluding carboxylic acids is 3. The smallest absolute Gasteiger partial charge is 0.312 e. The summed E-state index contributed by atoms with van der Waals surface area (Å²) in [5.41, 5.74) is 4.73. The summed E-state index contributed by atoms with van der Waals surface area (Å²) < 4.78 is 5.38. The summed E-state index contributed by atoms with van der Waals surface area (Å²) in [6, 6.07) is -0.603. The molecule has 3 N–H and O–H groups in total. The maximum absolute atomic E-state index is 13.0. The third kappa shape index (κ3) is 3.57. The Balaban J connectivity index is 1.50. The molecule has 0 saturated heterocycles. The van der Waals surface area contributed by atoms with E-state index in [2.05, 4.69) is 5.32 Å². The molecule has 0 heterocycles. The summed E-state index contributed by atoms with van der Waals surface area (Å²) in [6.07, 6.45) is 6.79. The van der Waals surface area contributed by atoms with Crippen molar-refractivity contribution in [1.29, 1.82) is 0 Å². The van der Waals surface area contributed by atoms with Crippen molar-refractivity contribution < 1.29 is 19.1 Å². The van der Waals surface area contributed by atoms with E-state index in [1.54, 1.807) is 6.92 Å². The number of Topliss-reactive ketones (excluding diaryl/α,β-unsaturated/α-hetero) is 1. The van der Waals surface area contributed by atoms with Gasteiger partial charge in [-0.25, -0.2) is 4.79 Å². The first-order valence-corrected chi connectivity index (χ1v) is 9.15. The van der Waals surface area contributed by atoms with Crippen molar-refractivity contribution in [2.45, 2.75) is 64.4 Å². The number of ether oxygens (including phenoxy) is 1. The molecule has 0 aromatic heterocycles. The monoisotopic (exact) mass is 336 g/mol. The molecule has 1 atom stereocenters. The topological polar surface area (TPSA) is 98.5 Å². The number of carbonyl (C=O) groups is 3. The van der Waals surface area contributed by atoms with Crippen molar-refractivity contribution in [3.8, 4) is 0 Å². The molecule has 4 rings (SSSR count). The minimum Gasteiger partial charge on any atom is -0.455 e. The van der Waals surface area contributed by atoms with Gasteiger partial charge >= 0.3 is 12.0 Å². The molecule has 2 amide bonds. The highest BCUT2D eigenvalue weighted by Crippen LogP contribution is 2.60. The number of nitrogens with two attached hydrogens (primary N) is 1. The van der Waals surface area contributed by atoms with E-state index in [0.717, 1.165) is 19.3 Å². The molecule has 134 valence electrons. The normalized spacial score (nSPS) is 34.6. The average molecular weight is 336 g/mol. The first-order valence-electron chi connectivity index (χ1n) is 9.15. The molecular formula is C18H28N2O4. The number of rotatable bonds is 7. The molecular weight excluding hydrogens is 308 g/mol. The van der Waals surface area contributed by atoms with Gasteiger partial charge < -0.3 is 15.8 Å². The van der Waals surface area contributed by atoms with Gasteiger partial charge in [0, 0.05) is 18.4 Å². The molecule has 0 unspecified atom stereocenters. The fourth-order valence-electron chi connectivity index (χ4n) is 5.60. The second kappa shape index (κ2) is 6.73. The van der Waals surface area contributed by atoms with E-state index in [-0.39, 0.29) is 23.6 Å². The minimum absolute atomic E-state index is 0.130. The molecule has 6 heteroatoms. The summed E-state index contributed by atoms with van der Waals surface area (Å²) >= 11 is 0. The number of amides is 2. The van der Waals surface area contributed by atoms with Gasteiger partial charge in [-0.05, 0) is 69.6 Å². The Morgan fingerprint density at radius 3 is 2.17 bits per heavy atom. The van der Waals surface area contributed by atoms with Gasteiger partial charge in [0.15, 0.2) is 11.9 Å². The van der Waals surface area contributed by atoms with Crippen LogP contribution in [0.1, 0.15) is 58.3 Å². The van der Waals surface area contributed by atoms with E-state index in [9.17, 15) is 14.4 Å². The van der Waals surface area contributed by atoms with E-state index < -0.39 is 12.1 Å². The van der Waals surface area contributed by atoms with Crippen LogP contribution in [0.4, 0.5) is 4.79 Å². The van der Waals surface area contributed by atoms with Gasteiger partial charge in [0.1, 0.15) is 0 Å². The van der Waals surface area contributed by atoms with Crippen LogP contribution in [-0.4, -0.2) is 30.4 Å². The van der Waals surface area contributed by atoms with Crippen molar-refractivity contribution in [3.05, 3.63) is 0 Å². The van der Waals surface area contributed by atoms with Gasteiger partial charge in [-0.2, -0.15) is 0 Å². The van der Waals surface area contributed by atoms with Gasteiger partial charge in [-0.15, -0.1) is 0 Å². The number of ketones is 1. The predicted molar refractivity (Wildman–Crippen MR) is 88.0 cm³/mol. The molecule has 0 aromatic carbocycles. The van der Waals surface area contributed by atoms with Crippen molar-refractivity contribution in [2.75, 3.05) is 6.54 Å². The lowest BCUT2D eigenvalue weighted by Crippen LogP contribution is -2.52. The first-order chi connectivity index (χ1) is 11.4. The molecule has 6 nitrogen and oxygen atoms in total. The number of urea groups is 1. The summed E-state index contributed by atoms with van der Waals surface area (Å²) in [5.74, 6) is 1.84. The summed E-state index contributed by atoms with van der Waals surface area (Å²) in [4.78, 5) is 35.5. The predicted octanol–water partition coefficient (Wildman–Crippen LogP) is 2.15. The molecule has 4 saturated carbocycles. The second-order valence-electron chi connectivity index (χ2n) is 8.09. The van der Waals surface area contributed by atoms with Crippen molar-refractivity contribution in [1.82, 2.24) is 5.32 Å². The maximum Gasteiger partial charge on any atom is 0.312 e. The van der Waals surface area contributed by atoms with Crippen LogP contribution in [0.15, 0.2) is 0 Å². The van der Waals surface area contributed by atoms with Crippen LogP contribution in [0, 0.1) is 23.2 Å². The highest BCUT2D eigenvalue weighted by molar-refractivity contribution is 5.90. The summed E-state index contributed by atoms with van der Waals surface area (Å²) in [7, 11) is 0. The van der Waals surface area contributed by atoms with Gasteiger partial charge in [0.2, 0.25) is 0 Å². The Morgan fingerprint density at radius 1 is 1.12 bits per heavy atom. The van der Waals surface area contributed by atoms with E-state index in [1.165, 1.54) is 19.3 Å². The quantitative estimate of drug-likeness (QED) is 0.550. The zero-order valence-electron chi connectivity index (χ0n) is 14.4. The average Bonchev–Trinajstić information content (AvgIpc) is 2.49. The van der Waals surface area contributed by atoms with Gasteiger partial charge in [-0.3, -0.25) is 9.59 Å². The van der Waals surface area contributed by atoms with Gasteiger partial charge in [0.25, 0.3) is 0 Å². The number of hydrogen-bond donors (Lipinski definition) is 2. The van der Waals surface area contributed by atoms with Crippen LogP contribution in [-0.2, 0) is 14.3 Å². The molecule has 4 aliphatic carbocycles. The van der Waals surface area contributed by atoms with Crippen LogP contribution in [0.25, 0.3) is 0 Å². The van der Waals surface area contributed by atoms with E-state index in [0.29, 0.717) is 30.7 Å². The van der Waals surface area contributed by atoms with Crippen molar-refractivity contribution in [2.24, 2.45) is 28.9 Å². The van der Waals surface area contributed by atoms with E-state index in [4.69, 9.17) is 10.5 Å². The lowest BCUT2D eigenvalue weighted by atomic mass is 9.48. The Bertz CT molecular complexity index is 496. The Morgan fingerprint density at radius 2 is 1.67 bits per heavy atom. The Labute approximate surface area is 142 Å². The Kier molecular flexibility index (Phi) is 4.83. The maximum atomic E-state index is 13.0. The molecule has 0 spiro atoms. The zero-order chi connectivity index (χ0) is 17.3. The lowest BCUT2D eigenvalue weighted by molar-refractivity contribution is -0.165. The van der Waals surface area contributed by atoms with E-state index >= 15 is 0 Å². The van der Waals surface area contributed by atoms with Crippen molar-refractivity contribution >= 4 is 17.8 Å². The molecule has 0 aliphatic heterocycles. The first kappa shape index (κ1) is 17.2. The SMILES string of the molecule is C[C@H](OC(=O)CCCNC(N)=O)C(=O)C12CC3CC(CC(C3)C1)C2. The molecule has 4 bridgehead atoms. The number of esters is 1. The minimum atomic E-state index is -0.669. The van der Waals surface area contributed by atoms with Crippen LogP contribution in [0.2, 0.25) is 0 Å². The highest BCUT2D eigenvalue weighted by atomic mass is 16.5.